The summed E-state index contributed by atoms with van der Waals surface area (Å²) in [7, 11) is 0. The summed E-state index contributed by atoms with van der Waals surface area (Å²) in [5, 5.41) is 6.94. The van der Waals surface area contributed by atoms with Gasteiger partial charge in [-0.2, -0.15) is 0 Å². The number of benzene rings is 2. The number of anilines is 1. The van der Waals surface area contributed by atoms with E-state index in [1.54, 1.807) is 0 Å². The summed E-state index contributed by atoms with van der Waals surface area (Å²) >= 11 is 6.34. The molecular weight excluding hydrogens is 370 g/mol. The normalized spacial score (nSPS) is 15.4. The zero-order valence-corrected chi connectivity index (χ0v) is 17.6. The molecule has 5 heteroatoms. The van der Waals surface area contributed by atoms with Crippen molar-refractivity contribution in [3.05, 3.63) is 64.2 Å². The van der Waals surface area contributed by atoms with E-state index in [0.717, 1.165) is 62.1 Å². The first-order valence-corrected chi connectivity index (χ1v) is 10.6. The number of urea groups is 1. The van der Waals surface area contributed by atoms with Crippen molar-refractivity contribution in [2.45, 2.75) is 52.1 Å². The molecule has 28 heavy (non-hydrogen) atoms. The Hall–Kier alpha value is -2.04. The van der Waals surface area contributed by atoms with Crippen LogP contribution in [-0.4, -0.2) is 30.1 Å². The van der Waals surface area contributed by atoms with Gasteiger partial charge < -0.3 is 10.6 Å². The highest BCUT2D eigenvalue weighted by Crippen LogP contribution is 2.29. The van der Waals surface area contributed by atoms with Gasteiger partial charge in [-0.05, 0) is 48.4 Å². The van der Waals surface area contributed by atoms with Gasteiger partial charge in [0.25, 0.3) is 0 Å². The van der Waals surface area contributed by atoms with Gasteiger partial charge >= 0.3 is 6.03 Å². The van der Waals surface area contributed by atoms with Gasteiger partial charge in [0.1, 0.15) is 0 Å². The first kappa shape index (κ1) is 20.7. The lowest BCUT2D eigenvalue weighted by Gasteiger charge is -2.32. The van der Waals surface area contributed by atoms with Crippen LogP contribution in [0.15, 0.2) is 42.5 Å². The smallest absolute Gasteiger partial charge is 0.319 e. The molecule has 1 fully saturated rings. The van der Waals surface area contributed by atoms with E-state index in [-0.39, 0.29) is 12.1 Å². The second kappa shape index (κ2) is 9.94. The van der Waals surface area contributed by atoms with E-state index in [2.05, 4.69) is 53.6 Å². The Morgan fingerprint density at radius 1 is 1.07 bits per heavy atom. The van der Waals surface area contributed by atoms with Crippen LogP contribution in [0.3, 0.4) is 0 Å². The Morgan fingerprint density at radius 2 is 1.79 bits per heavy atom. The van der Waals surface area contributed by atoms with Crippen LogP contribution in [0, 0.1) is 0 Å². The summed E-state index contributed by atoms with van der Waals surface area (Å²) in [6.07, 6.45) is 3.59. The highest BCUT2D eigenvalue weighted by molar-refractivity contribution is 6.31. The minimum Gasteiger partial charge on any atom is -0.335 e. The van der Waals surface area contributed by atoms with E-state index in [4.69, 9.17) is 11.6 Å². The van der Waals surface area contributed by atoms with E-state index in [1.807, 2.05) is 18.2 Å². The molecule has 150 valence electrons. The average Bonchev–Trinajstić information content (AvgIpc) is 2.71. The molecular formula is C23H30ClN3O. The first-order chi connectivity index (χ1) is 13.6. The zero-order valence-electron chi connectivity index (χ0n) is 16.8. The fourth-order valence-electron chi connectivity index (χ4n) is 3.88. The summed E-state index contributed by atoms with van der Waals surface area (Å²) in [5.74, 6) is 0. The number of carbonyl (C=O) groups excluding carboxylic acids is 1. The van der Waals surface area contributed by atoms with Gasteiger partial charge in [-0.15, -0.1) is 0 Å². The van der Waals surface area contributed by atoms with E-state index in [1.165, 1.54) is 5.56 Å². The molecule has 2 amide bonds. The number of rotatable bonds is 6. The molecule has 2 N–H and O–H groups in total. The third-order valence-electron chi connectivity index (χ3n) is 5.49. The Bertz CT molecular complexity index is 786. The van der Waals surface area contributed by atoms with Crippen molar-refractivity contribution in [2.75, 3.05) is 18.4 Å². The van der Waals surface area contributed by atoms with Crippen molar-refractivity contribution in [1.29, 1.82) is 0 Å². The number of carbonyl (C=O) groups is 1. The van der Waals surface area contributed by atoms with Crippen molar-refractivity contribution in [3.8, 4) is 0 Å². The van der Waals surface area contributed by atoms with Crippen molar-refractivity contribution >= 4 is 23.3 Å². The molecule has 0 aliphatic carbocycles. The summed E-state index contributed by atoms with van der Waals surface area (Å²) in [5.41, 5.74) is 4.34. The third kappa shape index (κ3) is 5.27. The van der Waals surface area contributed by atoms with Gasteiger partial charge in [-0.1, -0.05) is 61.8 Å². The summed E-state index contributed by atoms with van der Waals surface area (Å²) in [6.45, 7) is 7.12. The molecule has 1 aliphatic rings. The Kier molecular flexibility index (Phi) is 7.35. The lowest BCUT2D eigenvalue weighted by atomic mass is 10.0. The van der Waals surface area contributed by atoms with Crippen LogP contribution in [0.1, 0.15) is 43.4 Å². The maximum atomic E-state index is 12.6. The van der Waals surface area contributed by atoms with E-state index in [0.29, 0.717) is 5.02 Å². The number of amides is 2. The SMILES string of the molecule is CCc1ccc(Cl)c(CC)c1NC(=O)NC1CCN(Cc2ccccc2)CC1. The third-order valence-corrected chi connectivity index (χ3v) is 5.84. The van der Waals surface area contributed by atoms with E-state index in [9.17, 15) is 4.79 Å². The topological polar surface area (TPSA) is 44.4 Å². The number of hydrogen-bond acceptors (Lipinski definition) is 2. The largest absolute Gasteiger partial charge is 0.335 e. The predicted octanol–water partition coefficient (Wildman–Crippen LogP) is 5.25. The van der Waals surface area contributed by atoms with Gasteiger partial charge in [0.2, 0.25) is 0 Å². The summed E-state index contributed by atoms with van der Waals surface area (Å²) in [6, 6.07) is 14.5. The summed E-state index contributed by atoms with van der Waals surface area (Å²) in [4.78, 5) is 15.1. The fraction of sp³-hybridized carbons (Fsp3) is 0.435. The monoisotopic (exact) mass is 399 g/mol. The van der Waals surface area contributed by atoms with Gasteiger partial charge in [-0.3, -0.25) is 4.90 Å². The van der Waals surface area contributed by atoms with Gasteiger partial charge in [0, 0.05) is 30.7 Å². The Morgan fingerprint density at radius 3 is 2.43 bits per heavy atom. The lowest BCUT2D eigenvalue weighted by Crippen LogP contribution is -2.45. The van der Waals surface area contributed by atoms with Gasteiger partial charge in [0.05, 0.1) is 5.69 Å². The van der Waals surface area contributed by atoms with Crippen molar-refractivity contribution in [3.63, 3.8) is 0 Å². The molecule has 0 spiro atoms. The van der Waals surface area contributed by atoms with Crippen LogP contribution in [0.25, 0.3) is 0 Å². The van der Waals surface area contributed by atoms with Crippen LogP contribution < -0.4 is 10.6 Å². The fourth-order valence-corrected chi connectivity index (χ4v) is 4.17. The molecule has 1 heterocycles. The van der Waals surface area contributed by atoms with Crippen LogP contribution in [-0.2, 0) is 19.4 Å². The second-order valence-electron chi connectivity index (χ2n) is 7.40. The minimum atomic E-state index is -0.131. The number of nitrogens with one attached hydrogen (secondary N) is 2. The van der Waals surface area contributed by atoms with Gasteiger partial charge in [-0.25, -0.2) is 4.79 Å². The lowest BCUT2D eigenvalue weighted by molar-refractivity contribution is 0.190. The van der Waals surface area contributed by atoms with Crippen molar-refractivity contribution in [1.82, 2.24) is 10.2 Å². The highest BCUT2D eigenvalue weighted by atomic mass is 35.5. The molecule has 0 aromatic heterocycles. The molecule has 1 saturated heterocycles. The molecule has 1 aliphatic heterocycles. The molecule has 0 unspecified atom stereocenters. The van der Waals surface area contributed by atoms with Crippen LogP contribution in [0.4, 0.5) is 10.5 Å². The van der Waals surface area contributed by atoms with Crippen LogP contribution in [0.5, 0.6) is 0 Å². The quantitative estimate of drug-likeness (QED) is 0.696. The maximum Gasteiger partial charge on any atom is 0.319 e. The number of halogens is 1. The number of aryl methyl sites for hydroxylation is 1. The zero-order chi connectivity index (χ0) is 19.9. The maximum absolute atomic E-state index is 12.6. The van der Waals surface area contributed by atoms with Crippen molar-refractivity contribution < 1.29 is 4.79 Å². The van der Waals surface area contributed by atoms with Crippen LogP contribution >= 0.6 is 11.6 Å². The minimum absolute atomic E-state index is 0.131. The molecule has 0 radical (unpaired) electrons. The molecule has 3 rings (SSSR count). The van der Waals surface area contributed by atoms with E-state index < -0.39 is 0 Å². The Labute approximate surface area is 173 Å². The Balaban J connectivity index is 1.53. The molecule has 2 aromatic carbocycles. The number of nitrogens with zero attached hydrogens (tertiary/aromatic N) is 1. The molecule has 0 saturated carbocycles. The van der Waals surface area contributed by atoms with Gasteiger partial charge in [0.15, 0.2) is 0 Å². The summed E-state index contributed by atoms with van der Waals surface area (Å²) < 4.78 is 0. The molecule has 2 aromatic rings. The second-order valence-corrected chi connectivity index (χ2v) is 7.81. The predicted molar refractivity (Wildman–Crippen MR) is 117 cm³/mol. The first-order valence-electron chi connectivity index (χ1n) is 10.2. The number of hydrogen-bond donors (Lipinski definition) is 2. The molecule has 0 atom stereocenters. The molecule has 0 bridgehead atoms. The van der Waals surface area contributed by atoms with Crippen LogP contribution in [0.2, 0.25) is 5.02 Å². The average molecular weight is 400 g/mol. The highest BCUT2D eigenvalue weighted by Gasteiger charge is 2.21. The number of piperidine rings is 1. The molecule has 4 nitrogen and oxygen atoms in total. The van der Waals surface area contributed by atoms with E-state index >= 15 is 0 Å². The standard InChI is InChI=1S/C23H30ClN3O/c1-3-18-10-11-21(24)20(4-2)22(18)26-23(28)25-19-12-14-27(15-13-19)16-17-8-6-5-7-9-17/h5-11,19H,3-4,12-16H2,1-2H3,(H2,25,26,28). The number of likely N-dealkylation sites (tertiary alicyclic amines) is 1. The van der Waals surface area contributed by atoms with Crippen molar-refractivity contribution in [2.24, 2.45) is 0 Å².